The van der Waals surface area contributed by atoms with Crippen LogP contribution in [0.5, 0.6) is 0 Å². The number of piperidine rings is 1. The Morgan fingerprint density at radius 2 is 2.64 bits per heavy atom. The van der Waals surface area contributed by atoms with Gasteiger partial charge in [0, 0.05) is 6.54 Å². The summed E-state index contributed by atoms with van der Waals surface area (Å²) >= 11 is 0. The highest BCUT2D eigenvalue weighted by atomic mass is 16.5. The van der Waals surface area contributed by atoms with Crippen LogP contribution in [0.1, 0.15) is 12.8 Å². The number of aromatic nitrogens is 1. The third-order valence-electron chi connectivity index (χ3n) is 2.37. The number of amides is 1. The number of nitrogens with one attached hydrogen (secondary N) is 2. The van der Waals surface area contributed by atoms with Crippen molar-refractivity contribution in [1.82, 2.24) is 10.5 Å². The molecule has 1 atom stereocenters. The minimum Gasteiger partial charge on any atom is -0.363 e. The van der Waals surface area contributed by atoms with Crippen LogP contribution in [0.2, 0.25) is 0 Å². The van der Waals surface area contributed by atoms with Crippen LogP contribution >= 0.6 is 0 Å². The molecule has 0 unspecified atom stereocenters. The predicted octanol–water partition coefficient (Wildman–Crippen LogP) is 0.613. The topological polar surface area (TPSA) is 67.2 Å². The molecule has 1 aromatic rings. The molecule has 1 amide bonds. The molecule has 2 heterocycles. The van der Waals surface area contributed by atoms with E-state index in [0.717, 1.165) is 25.9 Å². The second-order valence-electron chi connectivity index (χ2n) is 3.45. The average Bonchev–Trinajstić information content (AvgIpc) is 2.72. The van der Waals surface area contributed by atoms with Gasteiger partial charge in [-0.05, 0) is 19.4 Å². The van der Waals surface area contributed by atoms with Crippen LogP contribution in [0.3, 0.4) is 0 Å². The predicted molar refractivity (Wildman–Crippen MR) is 50.7 cm³/mol. The van der Waals surface area contributed by atoms with E-state index in [1.54, 1.807) is 0 Å². The first kappa shape index (κ1) is 9.21. The summed E-state index contributed by atoms with van der Waals surface area (Å²) < 4.78 is 4.62. The largest absolute Gasteiger partial charge is 0.363 e. The standard InChI is InChI=1S/C9H13N3O2/c13-9(7-2-1-3-10-4-7)12-8-5-11-14-6-8/h5-7,10H,1-4H2,(H,12,13)/t7-/m1/s1. The van der Waals surface area contributed by atoms with Crippen molar-refractivity contribution in [3.8, 4) is 0 Å². The minimum absolute atomic E-state index is 0.0420. The number of hydrogen-bond acceptors (Lipinski definition) is 4. The highest BCUT2D eigenvalue weighted by molar-refractivity contribution is 5.92. The summed E-state index contributed by atoms with van der Waals surface area (Å²) in [6.45, 7) is 1.77. The molecular formula is C9H13N3O2. The Bertz CT molecular complexity index is 291. The van der Waals surface area contributed by atoms with E-state index in [9.17, 15) is 4.79 Å². The SMILES string of the molecule is O=C(Nc1cnoc1)[C@@H]1CCCNC1. The number of carbonyl (C=O) groups is 1. The van der Waals surface area contributed by atoms with Gasteiger partial charge in [-0.1, -0.05) is 5.16 Å². The van der Waals surface area contributed by atoms with Crippen molar-refractivity contribution in [3.63, 3.8) is 0 Å². The van der Waals surface area contributed by atoms with Crippen molar-refractivity contribution < 1.29 is 9.32 Å². The normalized spacial score (nSPS) is 21.9. The van der Waals surface area contributed by atoms with Crippen LogP contribution in [-0.2, 0) is 4.79 Å². The molecule has 0 saturated carbocycles. The van der Waals surface area contributed by atoms with Gasteiger partial charge in [0.15, 0.2) is 0 Å². The van der Waals surface area contributed by atoms with E-state index in [-0.39, 0.29) is 11.8 Å². The van der Waals surface area contributed by atoms with Crippen LogP contribution in [0.4, 0.5) is 5.69 Å². The Hall–Kier alpha value is -1.36. The molecule has 0 radical (unpaired) electrons. The van der Waals surface area contributed by atoms with E-state index in [1.165, 1.54) is 12.5 Å². The zero-order valence-electron chi connectivity index (χ0n) is 7.82. The van der Waals surface area contributed by atoms with Gasteiger partial charge in [0.2, 0.25) is 5.91 Å². The zero-order chi connectivity index (χ0) is 9.80. The Kier molecular flexibility index (Phi) is 2.78. The molecule has 14 heavy (non-hydrogen) atoms. The molecule has 1 fully saturated rings. The van der Waals surface area contributed by atoms with Gasteiger partial charge in [0.1, 0.15) is 12.0 Å². The van der Waals surface area contributed by atoms with Crippen molar-refractivity contribution in [1.29, 1.82) is 0 Å². The fraction of sp³-hybridized carbons (Fsp3) is 0.556. The molecule has 5 heteroatoms. The smallest absolute Gasteiger partial charge is 0.228 e. The maximum Gasteiger partial charge on any atom is 0.228 e. The van der Waals surface area contributed by atoms with E-state index in [2.05, 4.69) is 20.3 Å². The summed E-state index contributed by atoms with van der Waals surface area (Å²) in [4.78, 5) is 11.6. The fourth-order valence-electron chi connectivity index (χ4n) is 1.59. The summed E-state index contributed by atoms with van der Waals surface area (Å²) in [5, 5.41) is 9.47. The molecule has 2 N–H and O–H groups in total. The van der Waals surface area contributed by atoms with E-state index >= 15 is 0 Å². The molecule has 1 aliphatic rings. The summed E-state index contributed by atoms with van der Waals surface area (Å²) in [6, 6.07) is 0. The molecule has 0 spiro atoms. The summed E-state index contributed by atoms with van der Waals surface area (Å²) in [5.41, 5.74) is 0.626. The van der Waals surface area contributed by atoms with Gasteiger partial charge in [-0.3, -0.25) is 4.79 Å². The lowest BCUT2D eigenvalue weighted by molar-refractivity contribution is -0.120. The Morgan fingerprint density at radius 1 is 1.71 bits per heavy atom. The molecule has 0 aliphatic carbocycles. The minimum atomic E-state index is 0.0420. The van der Waals surface area contributed by atoms with Gasteiger partial charge in [-0.2, -0.15) is 0 Å². The first-order valence-corrected chi connectivity index (χ1v) is 4.77. The van der Waals surface area contributed by atoms with Crippen LogP contribution in [-0.4, -0.2) is 24.2 Å². The summed E-state index contributed by atoms with van der Waals surface area (Å²) in [7, 11) is 0. The lowest BCUT2D eigenvalue weighted by Gasteiger charge is -2.21. The Balaban J connectivity index is 1.88. The van der Waals surface area contributed by atoms with Crippen molar-refractivity contribution in [2.45, 2.75) is 12.8 Å². The molecule has 5 nitrogen and oxygen atoms in total. The van der Waals surface area contributed by atoms with Gasteiger partial charge in [-0.15, -0.1) is 0 Å². The Labute approximate surface area is 81.8 Å². The van der Waals surface area contributed by atoms with E-state index in [4.69, 9.17) is 0 Å². The number of nitrogens with zero attached hydrogens (tertiary/aromatic N) is 1. The van der Waals surface area contributed by atoms with Crippen LogP contribution in [0.15, 0.2) is 17.0 Å². The number of anilines is 1. The van der Waals surface area contributed by atoms with Gasteiger partial charge < -0.3 is 15.2 Å². The van der Waals surface area contributed by atoms with Crippen LogP contribution in [0.25, 0.3) is 0 Å². The molecule has 2 rings (SSSR count). The van der Waals surface area contributed by atoms with Crippen molar-refractivity contribution >= 4 is 11.6 Å². The van der Waals surface area contributed by atoms with Crippen molar-refractivity contribution in [2.75, 3.05) is 18.4 Å². The monoisotopic (exact) mass is 195 g/mol. The third-order valence-corrected chi connectivity index (χ3v) is 2.37. The van der Waals surface area contributed by atoms with Gasteiger partial charge in [0.25, 0.3) is 0 Å². The van der Waals surface area contributed by atoms with Gasteiger partial charge in [-0.25, -0.2) is 0 Å². The van der Waals surface area contributed by atoms with E-state index in [0.29, 0.717) is 5.69 Å². The molecule has 76 valence electrons. The molecule has 1 aliphatic heterocycles. The maximum absolute atomic E-state index is 11.6. The average molecular weight is 195 g/mol. The fourth-order valence-corrected chi connectivity index (χ4v) is 1.59. The van der Waals surface area contributed by atoms with Gasteiger partial charge in [0.05, 0.1) is 12.1 Å². The van der Waals surface area contributed by atoms with E-state index < -0.39 is 0 Å². The van der Waals surface area contributed by atoms with Crippen LogP contribution < -0.4 is 10.6 Å². The lowest BCUT2D eigenvalue weighted by Crippen LogP contribution is -2.37. The zero-order valence-corrected chi connectivity index (χ0v) is 7.82. The second-order valence-corrected chi connectivity index (χ2v) is 3.45. The van der Waals surface area contributed by atoms with Crippen LogP contribution in [0, 0.1) is 5.92 Å². The van der Waals surface area contributed by atoms with Gasteiger partial charge >= 0.3 is 0 Å². The highest BCUT2D eigenvalue weighted by Crippen LogP contribution is 2.13. The summed E-state index contributed by atoms with van der Waals surface area (Å²) in [5.74, 6) is 0.110. The molecule has 1 saturated heterocycles. The quantitative estimate of drug-likeness (QED) is 0.725. The van der Waals surface area contributed by atoms with Crippen molar-refractivity contribution in [3.05, 3.63) is 12.5 Å². The lowest BCUT2D eigenvalue weighted by atomic mass is 9.99. The maximum atomic E-state index is 11.6. The first-order valence-electron chi connectivity index (χ1n) is 4.77. The number of carbonyl (C=O) groups excluding carboxylic acids is 1. The molecule has 1 aromatic heterocycles. The summed E-state index contributed by atoms with van der Waals surface area (Å²) in [6.07, 6.45) is 4.92. The first-order chi connectivity index (χ1) is 6.86. The number of hydrogen-bond donors (Lipinski definition) is 2. The highest BCUT2D eigenvalue weighted by Gasteiger charge is 2.20. The number of rotatable bonds is 2. The molecular weight excluding hydrogens is 182 g/mol. The van der Waals surface area contributed by atoms with E-state index in [1.807, 2.05) is 0 Å². The molecule has 0 bridgehead atoms. The van der Waals surface area contributed by atoms with Crippen molar-refractivity contribution in [2.24, 2.45) is 5.92 Å². The molecule has 0 aromatic carbocycles. The second kappa shape index (κ2) is 4.23. The third kappa shape index (κ3) is 2.11. The Morgan fingerprint density at radius 3 is 3.29 bits per heavy atom.